The van der Waals surface area contributed by atoms with Crippen molar-refractivity contribution in [3.8, 4) is 0 Å². The van der Waals surface area contributed by atoms with Crippen LogP contribution in [0, 0.1) is 6.92 Å². The Kier molecular flexibility index (Phi) is 4.13. The Morgan fingerprint density at radius 2 is 2.17 bits per heavy atom. The highest BCUT2D eigenvalue weighted by molar-refractivity contribution is 5.48. The van der Waals surface area contributed by atoms with E-state index in [1.54, 1.807) is 13.0 Å². The van der Waals surface area contributed by atoms with Gasteiger partial charge in [0.1, 0.15) is 5.82 Å². The molecule has 0 aliphatic carbocycles. The van der Waals surface area contributed by atoms with Crippen LogP contribution < -0.4 is 4.90 Å². The minimum atomic E-state index is -4.59. The van der Waals surface area contributed by atoms with Crippen LogP contribution in [0.1, 0.15) is 31.3 Å². The van der Waals surface area contributed by atoms with E-state index in [-0.39, 0.29) is 11.8 Å². The van der Waals surface area contributed by atoms with Gasteiger partial charge >= 0.3 is 6.18 Å². The van der Waals surface area contributed by atoms with Crippen LogP contribution in [0.2, 0.25) is 0 Å². The van der Waals surface area contributed by atoms with E-state index in [1.807, 2.05) is 11.8 Å². The summed E-state index contributed by atoms with van der Waals surface area (Å²) >= 11 is 0. The van der Waals surface area contributed by atoms with Crippen molar-refractivity contribution in [1.29, 1.82) is 0 Å². The van der Waals surface area contributed by atoms with E-state index < -0.39 is 12.0 Å². The molecule has 2 aromatic rings. The van der Waals surface area contributed by atoms with Gasteiger partial charge in [-0.1, -0.05) is 0 Å². The predicted octanol–water partition coefficient (Wildman–Crippen LogP) is 2.46. The standard InChI is InChI=1S/C14H18F3N5O/c1-3-21(10-5-4-6-23-8-10)11-7-9(2)18-13-19-12(14(15,16)17)20-22(11)13/h7,10H,3-6,8H2,1-2H3. The minimum Gasteiger partial charge on any atom is -0.379 e. The molecule has 0 aromatic carbocycles. The van der Waals surface area contributed by atoms with Gasteiger partial charge in [-0.2, -0.15) is 22.7 Å². The second-order valence-electron chi connectivity index (χ2n) is 5.56. The van der Waals surface area contributed by atoms with Crippen molar-refractivity contribution in [1.82, 2.24) is 19.6 Å². The topological polar surface area (TPSA) is 55.6 Å². The first kappa shape index (κ1) is 16.0. The maximum absolute atomic E-state index is 12.9. The molecule has 0 N–H and O–H groups in total. The van der Waals surface area contributed by atoms with Crippen LogP contribution in [-0.4, -0.2) is 45.4 Å². The molecule has 126 valence electrons. The molecule has 2 aromatic heterocycles. The van der Waals surface area contributed by atoms with Crippen LogP contribution in [0.15, 0.2) is 6.07 Å². The molecule has 3 heterocycles. The summed E-state index contributed by atoms with van der Waals surface area (Å²) in [5, 5.41) is 3.62. The van der Waals surface area contributed by atoms with Gasteiger partial charge in [-0.15, -0.1) is 5.10 Å². The predicted molar refractivity (Wildman–Crippen MR) is 77.4 cm³/mol. The molecule has 0 radical (unpaired) electrons. The number of fused-ring (bicyclic) bond motifs is 1. The van der Waals surface area contributed by atoms with Crippen molar-refractivity contribution >= 4 is 11.6 Å². The number of hydrogen-bond acceptors (Lipinski definition) is 5. The number of hydrogen-bond donors (Lipinski definition) is 0. The van der Waals surface area contributed by atoms with Crippen molar-refractivity contribution in [3.63, 3.8) is 0 Å². The summed E-state index contributed by atoms with van der Waals surface area (Å²) in [4.78, 5) is 9.60. The number of anilines is 1. The van der Waals surface area contributed by atoms with Crippen molar-refractivity contribution in [2.75, 3.05) is 24.7 Å². The molecular weight excluding hydrogens is 311 g/mol. The maximum atomic E-state index is 12.9. The number of nitrogens with zero attached hydrogens (tertiary/aromatic N) is 5. The van der Waals surface area contributed by atoms with Gasteiger partial charge in [0.2, 0.25) is 0 Å². The molecule has 1 fully saturated rings. The van der Waals surface area contributed by atoms with Gasteiger partial charge in [0.25, 0.3) is 11.6 Å². The lowest BCUT2D eigenvalue weighted by Crippen LogP contribution is -2.42. The third-order valence-electron chi connectivity index (χ3n) is 3.89. The first-order valence-electron chi connectivity index (χ1n) is 7.56. The molecular formula is C14H18F3N5O. The number of aryl methyl sites for hydroxylation is 1. The van der Waals surface area contributed by atoms with Crippen molar-refractivity contribution in [2.45, 2.75) is 38.9 Å². The SMILES string of the molecule is CCN(c1cc(C)nc2nc(C(F)(F)F)nn12)C1CCCOC1. The first-order valence-corrected chi connectivity index (χ1v) is 7.56. The Labute approximate surface area is 131 Å². The Hall–Kier alpha value is -1.90. The van der Waals surface area contributed by atoms with E-state index in [4.69, 9.17) is 4.74 Å². The highest BCUT2D eigenvalue weighted by Gasteiger charge is 2.37. The Morgan fingerprint density at radius 1 is 1.39 bits per heavy atom. The third-order valence-corrected chi connectivity index (χ3v) is 3.89. The van der Waals surface area contributed by atoms with E-state index >= 15 is 0 Å². The van der Waals surface area contributed by atoms with Crippen LogP contribution >= 0.6 is 0 Å². The Balaban J connectivity index is 2.09. The fourth-order valence-electron chi connectivity index (χ4n) is 2.87. The van der Waals surface area contributed by atoms with Crippen LogP contribution in [-0.2, 0) is 10.9 Å². The van der Waals surface area contributed by atoms with E-state index in [1.165, 1.54) is 4.52 Å². The first-order chi connectivity index (χ1) is 10.9. The van der Waals surface area contributed by atoms with Gasteiger partial charge in [-0.25, -0.2) is 4.98 Å². The van der Waals surface area contributed by atoms with Crippen LogP contribution in [0.25, 0.3) is 5.78 Å². The van der Waals surface area contributed by atoms with E-state index in [2.05, 4.69) is 15.1 Å². The molecule has 1 unspecified atom stereocenters. The summed E-state index contributed by atoms with van der Waals surface area (Å²) in [5.41, 5.74) is 0.601. The molecule has 1 aliphatic rings. The van der Waals surface area contributed by atoms with Gasteiger partial charge in [0.15, 0.2) is 0 Å². The lowest BCUT2D eigenvalue weighted by molar-refractivity contribution is -0.144. The van der Waals surface area contributed by atoms with Gasteiger partial charge in [0.05, 0.1) is 12.6 Å². The molecule has 0 bridgehead atoms. The highest BCUT2D eigenvalue weighted by atomic mass is 19.4. The fraction of sp³-hybridized carbons (Fsp3) is 0.643. The zero-order valence-corrected chi connectivity index (χ0v) is 13.0. The monoisotopic (exact) mass is 329 g/mol. The maximum Gasteiger partial charge on any atom is 0.453 e. The number of likely N-dealkylation sites (N-methyl/N-ethyl adjacent to an activating group) is 1. The molecule has 6 nitrogen and oxygen atoms in total. The van der Waals surface area contributed by atoms with E-state index in [0.29, 0.717) is 24.7 Å². The summed E-state index contributed by atoms with van der Waals surface area (Å²) in [6.07, 6.45) is -2.74. The zero-order valence-electron chi connectivity index (χ0n) is 13.0. The summed E-state index contributed by atoms with van der Waals surface area (Å²) in [5.74, 6) is -0.649. The quantitative estimate of drug-likeness (QED) is 0.866. The normalized spacial score (nSPS) is 19.3. The van der Waals surface area contributed by atoms with Crippen molar-refractivity contribution in [3.05, 3.63) is 17.6 Å². The minimum absolute atomic E-state index is 0.0393. The fourth-order valence-corrected chi connectivity index (χ4v) is 2.87. The van der Waals surface area contributed by atoms with Gasteiger partial charge in [-0.3, -0.25) is 0 Å². The molecule has 0 spiro atoms. The largest absolute Gasteiger partial charge is 0.453 e. The second kappa shape index (κ2) is 5.95. The van der Waals surface area contributed by atoms with Gasteiger partial charge in [-0.05, 0) is 26.7 Å². The zero-order chi connectivity index (χ0) is 16.6. The molecule has 1 saturated heterocycles. The number of rotatable bonds is 3. The Bertz CT molecular complexity index is 694. The molecule has 1 atom stereocenters. The molecule has 1 aliphatic heterocycles. The van der Waals surface area contributed by atoms with Crippen LogP contribution in [0.3, 0.4) is 0 Å². The second-order valence-corrected chi connectivity index (χ2v) is 5.56. The molecule has 23 heavy (non-hydrogen) atoms. The molecule has 0 amide bonds. The Morgan fingerprint density at radius 3 is 2.78 bits per heavy atom. The molecule has 0 saturated carbocycles. The number of ether oxygens (including phenoxy) is 1. The third kappa shape index (κ3) is 3.10. The number of aromatic nitrogens is 4. The molecule has 3 rings (SSSR count). The lowest BCUT2D eigenvalue weighted by atomic mass is 10.1. The number of halogens is 3. The smallest absolute Gasteiger partial charge is 0.379 e. The highest BCUT2D eigenvalue weighted by Crippen LogP contribution is 2.28. The summed E-state index contributed by atoms with van der Waals surface area (Å²) in [6.45, 7) is 5.60. The average Bonchev–Trinajstić information content (AvgIpc) is 2.93. The number of alkyl halides is 3. The van der Waals surface area contributed by atoms with Gasteiger partial charge < -0.3 is 9.64 Å². The average molecular weight is 329 g/mol. The van der Waals surface area contributed by atoms with Crippen LogP contribution in [0.5, 0.6) is 0 Å². The lowest BCUT2D eigenvalue weighted by Gasteiger charge is -2.35. The summed E-state index contributed by atoms with van der Waals surface area (Å²) in [7, 11) is 0. The van der Waals surface area contributed by atoms with E-state index in [0.717, 1.165) is 19.4 Å². The van der Waals surface area contributed by atoms with Gasteiger partial charge in [0, 0.05) is 24.9 Å². The van der Waals surface area contributed by atoms with Crippen molar-refractivity contribution < 1.29 is 17.9 Å². The van der Waals surface area contributed by atoms with Crippen molar-refractivity contribution in [2.24, 2.45) is 0 Å². The summed E-state index contributed by atoms with van der Waals surface area (Å²) < 4.78 is 45.4. The van der Waals surface area contributed by atoms with Crippen LogP contribution in [0.4, 0.5) is 19.0 Å². The molecule has 9 heteroatoms. The summed E-state index contributed by atoms with van der Waals surface area (Å²) in [6, 6.07) is 1.84. The van der Waals surface area contributed by atoms with E-state index in [9.17, 15) is 13.2 Å².